The van der Waals surface area contributed by atoms with E-state index in [0.29, 0.717) is 0 Å². The summed E-state index contributed by atoms with van der Waals surface area (Å²) < 4.78 is 0. The van der Waals surface area contributed by atoms with E-state index in [2.05, 4.69) is 26.1 Å². The first kappa shape index (κ1) is 12.0. The Morgan fingerprint density at radius 1 is 1.07 bits per heavy atom. The predicted octanol–water partition coefficient (Wildman–Crippen LogP) is 3.45. The van der Waals surface area contributed by atoms with E-state index in [1.807, 2.05) is 0 Å². The van der Waals surface area contributed by atoms with Crippen LogP contribution in [-0.2, 0) is 0 Å². The van der Waals surface area contributed by atoms with E-state index in [1.165, 1.54) is 45.2 Å². The number of hydrogen-bond donors (Lipinski definition) is 1. The Bertz CT molecular complexity index is 136. The largest absolute Gasteiger partial charge is 0.316 e. The van der Waals surface area contributed by atoms with Crippen LogP contribution >= 0.6 is 0 Å². The van der Waals surface area contributed by atoms with Gasteiger partial charge in [-0.1, -0.05) is 40.0 Å². The molecule has 0 bridgehead atoms. The van der Waals surface area contributed by atoms with E-state index in [4.69, 9.17) is 0 Å². The molecule has 1 aliphatic rings. The average Bonchev–Trinajstić information content (AvgIpc) is 2.19. The van der Waals surface area contributed by atoms with Crippen LogP contribution in [0.15, 0.2) is 0 Å². The molecule has 1 heteroatoms. The lowest BCUT2D eigenvalue weighted by molar-refractivity contribution is 0.320. The van der Waals surface area contributed by atoms with Gasteiger partial charge in [0.1, 0.15) is 0 Å². The summed E-state index contributed by atoms with van der Waals surface area (Å²) >= 11 is 0. The van der Waals surface area contributed by atoms with E-state index in [1.54, 1.807) is 0 Å². The third-order valence-electron chi connectivity index (χ3n) is 3.76. The van der Waals surface area contributed by atoms with Gasteiger partial charge in [0, 0.05) is 0 Å². The second-order valence-electron chi connectivity index (χ2n) is 5.38. The minimum absolute atomic E-state index is 0.814. The highest BCUT2D eigenvalue weighted by molar-refractivity contribution is 4.69. The van der Waals surface area contributed by atoms with Crippen LogP contribution in [0.3, 0.4) is 0 Å². The summed E-state index contributed by atoms with van der Waals surface area (Å²) in [5.74, 6) is 2.61. The normalized spacial score (nSPS) is 21.4. The molecule has 0 spiro atoms. The summed E-state index contributed by atoms with van der Waals surface area (Å²) in [6, 6.07) is 0. The van der Waals surface area contributed by atoms with Gasteiger partial charge in [0.05, 0.1) is 0 Å². The summed E-state index contributed by atoms with van der Waals surface area (Å²) in [6.45, 7) is 9.43. The van der Waals surface area contributed by atoms with Gasteiger partial charge < -0.3 is 5.32 Å². The van der Waals surface area contributed by atoms with Crippen molar-refractivity contribution < 1.29 is 0 Å². The lowest BCUT2D eigenvalue weighted by Gasteiger charge is -2.23. The van der Waals surface area contributed by atoms with Crippen molar-refractivity contribution in [3.8, 4) is 0 Å². The van der Waals surface area contributed by atoms with Gasteiger partial charge in [0.2, 0.25) is 0 Å². The van der Waals surface area contributed by atoms with E-state index < -0.39 is 0 Å². The highest BCUT2D eigenvalue weighted by Gasteiger charge is 2.13. The van der Waals surface area contributed by atoms with Gasteiger partial charge in [0.25, 0.3) is 0 Å². The van der Waals surface area contributed by atoms with Crippen LogP contribution in [0.5, 0.6) is 0 Å². The third-order valence-corrected chi connectivity index (χ3v) is 3.76. The van der Waals surface area contributed by atoms with Crippen LogP contribution in [0.25, 0.3) is 0 Å². The molecule has 0 saturated heterocycles. The monoisotopic (exact) mass is 197 g/mol. The van der Waals surface area contributed by atoms with Gasteiger partial charge in [0.15, 0.2) is 0 Å². The summed E-state index contributed by atoms with van der Waals surface area (Å²) in [5.41, 5.74) is 0. The lowest BCUT2D eigenvalue weighted by atomic mass is 9.89. The van der Waals surface area contributed by atoms with Gasteiger partial charge >= 0.3 is 0 Å². The Morgan fingerprint density at radius 2 is 1.71 bits per heavy atom. The Morgan fingerprint density at radius 3 is 2.29 bits per heavy atom. The lowest BCUT2D eigenvalue weighted by Crippen LogP contribution is -2.29. The first-order valence-corrected chi connectivity index (χ1v) is 6.41. The van der Waals surface area contributed by atoms with Gasteiger partial charge in [-0.3, -0.25) is 0 Å². The molecule has 1 nitrogen and oxygen atoms in total. The van der Waals surface area contributed by atoms with Crippen molar-refractivity contribution in [3.05, 3.63) is 0 Å². The molecule has 0 aromatic carbocycles. The van der Waals surface area contributed by atoms with Gasteiger partial charge in [-0.2, -0.15) is 0 Å². The molecule has 14 heavy (non-hydrogen) atoms. The SMILES string of the molecule is CC(C)[C@H](C)CNCC1CCCCC1. The molecule has 0 unspecified atom stereocenters. The van der Waals surface area contributed by atoms with Gasteiger partial charge in [-0.05, 0) is 43.7 Å². The molecule has 0 amide bonds. The molecule has 1 fully saturated rings. The van der Waals surface area contributed by atoms with Crippen molar-refractivity contribution in [3.63, 3.8) is 0 Å². The molecular weight excluding hydrogens is 170 g/mol. The summed E-state index contributed by atoms with van der Waals surface area (Å²) in [4.78, 5) is 0. The Labute approximate surface area is 89.7 Å². The van der Waals surface area contributed by atoms with Gasteiger partial charge in [-0.25, -0.2) is 0 Å². The number of hydrogen-bond acceptors (Lipinski definition) is 1. The highest BCUT2D eigenvalue weighted by Crippen LogP contribution is 2.22. The van der Waals surface area contributed by atoms with Gasteiger partial charge in [-0.15, -0.1) is 0 Å². The number of nitrogens with one attached hydrogen (secondary N) is 1. The fourth-order valence-electron chi connectivity index (χ4n) is 2.14. The fourth-order valence-corrected chi connectivity index (χ4v) is 2.14. The molecule has 1 aliphatic carbocycles. The zero-order valence-electron chi connectivity index (χ0n) is 10.2. The zero-order chi connectivity index (χ0) is 10.4. The maximum absolute atomic E-state index is 3.64. The van der Waals surface area contributed by atoms with E-state index in [9.17, 15) is 0 Å². The van der Waals surface area contributed by atoms with Crippen LogP contribution in [0, 0.1) is 17.8 Å². The first-order chi connectivity index (χ1) is 6.70. The van der Waals surface area contributed by atoms with Crippen molar-refractivity contribution in [1.82, 2.24) is 5.32 Å². The molecular formula is C13H27N. The van der Waals surface area contributed by atoms with Crippen LogP contribution in [-0.4, -0.2) is 13.1 Å². The van der Waals surface area contributed by atoms with E-state index in [0.717, 1.165) is 17.8 Å². The quantitative estimate of drug-likeness (QED) is 0.712. The first-order valence-electron chi connectivity index (χ1n) is 6.41. The summed E-state index contributed by atoms with van der Waals surface area (Å²) in [7, 11) is 0. The standard InChI is InChI=1S/C13H27N/c1-11(2)12(3)9-14-10-13-7-5-4-6-8-13/h11-14H,4-10H2,1-3H3/t12-/m1/s1. The van der Waals surface area contributed by atoms with Crippen LogP contribution in [0.1, 0.15) is 52.9 Å². The Kier molecular flexibility index (Phi) is 5.54. The Hall–Kier alpha value is -0.0400. The molecule has 0 aliphatic heterocycles. The molecule has 1 rings (SSSR count). The molecule has 1 N–H and O–H groups in total. The molecule has 0 heterocycles. The zero-order valence-corrected chi connectivity index (χ0v) is 10.2. The molecule has 0 aromatic heterocycles. The van der Waals surface area contributed by atoms with E-state index in [-0.39, 0.29) is 0 Å². The third kappa shape index (κ3) is 4.45. The van der Waals surface area contributed by atoms with Crippen LogP contribution < -0.4 is 5.32 Å². The molecule has 0 radical (unpaired) electrons. The van der Waals surface area contributed by atoms with Crippen molar-refractivity contribution >= 4 is 0 Å². The van der Waals surface area contributed by atoms with Crippen molar-refractivity contribution in [1.29, 1.82) is 0 Å². The average molecular weight is 197 g/mol. The minimum Gasteiger partial charge on any atom is -0.316 e. The second kappa shape index (κ2) is 6.44. The van der Waals surface area contributed by atoms with E-state index >= 15 is 0 Å². The molecule has 0 aromatic rings. The number of rotatable bonds is 5. The molecule has 1 atom stereocenters. The predicted molar refractivity (Wildman–Crippen MR) is 63.4 cm³/mol. The smallest absolute Gasteiger partial charge is 0.00204 e. The topological polar surface area (TPSA) is 12.0 Å². The maximum Gasteiger partial charge on any atom is -0.00204 e. The van der Waals surface area contributed by atoms with Crippen LogP contribution in [0.2, 0.25) is 0 Å². The van der Waals surface area contributed by atoms with Crippen LogP contribution in [0.4, 0.5) is 0 Å². The summed E-state index contributed by atoms with van der Waals surface area (Å²) in [6.07, 6.45) is 7.32. The fraction of sp³-hybridized carbons (Fsp3) is 1.00. The highest BCUT2D eigenvalue weighted by atomic mass is 14.9. The molecule has 1 saturated carbocycles. The minimum atomic E-state index is 0.814. The molecule has 84 valence electrons. The van der Waals surface area contributed by atoms with Crippen molar-refractivity contribution in [2.75, 3.05) is 13.1 Å². The second-order valence-corrected chi connectivity index (χ2v) is 5.38. The maximum atomic E-state index is 3.64. The van der Waals surface area contributed by atoms with Crippen molar-refractivity contribution in [2.24, 2.45) is 17.8 Å². The van der Waals surface area contributed by atoms with Crippen molar-refractivity contribution in [2.45, 2.75) is 52.9 Å². The Balaban J connectivity index is 2.02. The summed E-state index contributed by atoms with van der Waals surface area (Å²) in [5, 5.41) is 3.64.